The van der Waals surface area contributed by atoms with Crippen LogP contribution < -0.4 is 5.32 Å². The van der Waals surface area contributed by atoms with Crippen LogP contribution in [0.3, 0.4) is 0 Å². The molecule has 1 amide bonds. The van der Waals surface area contributed by atoms with Crippen LogP contribution in [0.4, 0.5) is 0 Å². The monoisotopic (exact) mass is 651 g/mol. The Morgan fingerprint density at radius 1 is 1.13 bits per heavy atom. The van der Waals surface area contributed by atoms with E-state index in [0.717, 1.165) is 32.0 Å². The fraction of sp³-hybridized carbons (Fsp3) is 0.714. The van der Waals surface area contributed by atoms with Gasteiger partial charge in [-0.25, -0.2) is 0 Å². The minimum Gasteiger partial charge on any atom is -0.368 e. The third-order valence-electron chi connectivity index (χ3n) is 4.11. The van der Waals surface area contributed by atoms with Gasteiger partial charge in [0, 0.05) is 64.1 Å². The van der Waals surface area contributed by atoms with Crippen molar-refractivity contribution < 1.29 is 59.9 Å². The van der Waals surface area contributed by atoms with E-state index in [1.165, 1.54) is 11.5 Å². The van der Waals surface area contributed by atoms with E-state index in [-0.39, 0.29) is 67.7 Å². The Kier molecular flexibility index (Phi) is 25.1. The first-order valence-electron chi connectivity index (χ1n) is 10.2. The molecule has 0 heterocycles. The molecule has 8 nitrogen and oxygen atoms in total. The fourth-order valence-corrected chi connectivity index (χ4v) is 2.64. The zero-order valence-electron chi connectivity index (χ0n) is 18.9. The van der Waals surface area contributed by atoms with Gasteiger partial charge in [0.1, 0.15) is 6.29 Å². The van der Waals surface area contributed by atoms with Crippen molar-refractivity contribution in [3.05, 3.63) is 6.42 Å². The summed E-state index contributed by atoms with van der Waals surface area (Å²) < 4.78 is 0. The van der Waals surface area contributed by atoms with Gasteiger partial charge in [0.25, 0.3) is 0 Å². The molecule has 1 aliphatic carbocycles. The molecule has 0 aliphatic heterocycles. The van der Waals surface area contributed by atoms with Gasteiger partial charge in [-0.3, -0.25) is 9.59 Å². The number of aldehydes is 3. The molecule has 0 aromatic carbocycles. The van der Waals surface area contributed by atoms with Crippen LogP contribution in [0, 0.1) is 55.3 Å². The number of rotatable bonds is 10. The number of nitrogens with zero attached hydrogens (tertiary/aromatic N) is 1. The van der Waals surface area contributed by atoms with E-state index in [0.29, 0.717) is 25.0 Å². The molecule has 1 fully saturated rings. The Balaban J connectivity index is -0.000000696. The quantitative estimate of drug-likeness (QED) is 0.167. The summed E-state index contributed by atoms with van der Waals surface area (Å²) in [4.78, 5) is 57.7. The molecule has 172 valence electrons. The van der Waals surface area contributed by atoms with Crippen molar-refractivity contribution in [3.63, 3.8) is 0 Å². The van der Waals surface area contributed by atoms with Crippen LogP contribution in [0.1, 0.15) is 59.3 Å². The first kappa shape index (κ1) is 33.5. The van der Waals surface area contributed by atoms with E-state index in [2.05, 4.69) is 5.32 Å². The standard InChI is InChI=1S/C15H26N2O4.C4H5O2.C2H6.U/c1-11(10-18)8-14(19)16-9-12-4-6-13(7-5-12)15(20)21-17(2)3;5-3-1-2-4-6;1-2;/h10-13H,4-9H2,1-3H3,(H,16,19);1,3-4H,2H2;1-2H3;/q;-1;;. The molecular weight excluding hydrogens is 614 g/mol. The van der Waals surface area contributed by atoms with E-state index >= 15 is 0 Å². The maximum Gasteiger partial charge on any atom is 0.328 e. The number of hydrogen-bond acceptors (Lipinski definition) is 7. The van der Waals surface area contributed by atoms with Crippen LogP contribution in [0.2, 0.25) is 0 Å². The van der Waals surface area contributed by atoms with Crippen molar-refractivity contribution in [2.24, 2.45) is 17.8 Å². The molecule has 1 atom stereocenters. The molecule has 0 aromatic rings. The number of amides is 1. The van der Waals surface area contributed by atoms with E-state index < -0.39 is 0 Å². The maximum absolute atomic E-state index is 11.8. The molecule has 30 heavy (non-hydrogen) atoms. The van der Waals surface area contributed by atoms with Crippen LogP contribution in [0.5, 0.6) is 0 Å². The molecule has 1 N–H and O–H groups in total. The predicted octanol–water partition coefficient (Wildman–Crippen LogP) is 2.16. The predicted molar refractivity (Wildman–Crippen MR) is 110 cm³/mol. The van der Waals surface area contributed by atoms with Crippen molar-refractivity contribution in [3.8, 4) is 0 Å². The number of hydrogen-bond donors (Lipinski definition) is 1. The Labute approximate surface area is 204 Å². The third kappa shape index (κ3) is 18.8. The van der Waals surface area contributed by atoms with Gasteiger partial charge < -0.3 is 31.0 Å². The second-order valence-corrected chi connectivity index (χ2v) is 6.84. The summed E-state index contributed by atoms with van der Waals surface area (Å²) in [6, 6.07) is 0. The molecule has 1 aliphatic rings. The second-order valence-electron chi connectivity index (χ2n) is 6.84. The van der Waals surface area contributed by atoms with Crippen LogP contribution in [0.25, 0.3) is 0 Å². The van der Waals surface area contributed by atoms with Crippen LogP contribution in [-0.2, 0) is 28.8 Å². The normalized spacial score (nSPS) is 17.9. The minimum absolute atomic E-state index is 0. The van der Waals surface area contributed by atoms with Crippen molar-refractivity contribution >= 4 is 30.7 Å². The Morgan fingerprint density at radius 3 is 2.10 bits per heavy atom. The largest absolute Gasteiger partial charge is 0.368 e. The van der Waals surface area contributed by atoms with E-state index in [4.69, 9.17) is 4.84 Å². The van der Waals surface area contributed by atoms with Crippen LogP contribution in [-0.4, -0.2) is 56.4 Å². The Morgan fingerprint density at radius 2 is 1.70 bits per heavy atom. The van der Waals surface area contributed by atoms with Gasteiger partial charge in [-0.1, -0.05) is 20.8 Å². The van der Waals surface area contributed by atoms with Crippen molar-refractivity contribution in [1.29, 1.82) is 0 Å². The van der Waals surface area contributed by atoms with Crippen LogP contribution >= 0.6 is 0 Å². The molecule has 9 heteroatoms. The average molecular weight is 652 g/mol. The van der Waals surface area contributed by atoms with E-state index in [1.54, 1.807) is 21.0 Å². The van der Waals surface area contributed by atoms with Gasteiger partial charge in [0.15, 0.2) is 0 Å². The summed E-state index contributed by atoms with van der Waals surface area (Å²) in [6.07, 6.45) is 7.25. The number of hydroxylamine groups is 2. The number of nitrogens with one attached hydrogen (secondary N) is 1. The first-order valence-corrected chi connectivity index (χ1v) is 10.2. The second kappa shape index (κ2) is 22.5. The SMILES string of the molecule is CC.CC(C=O)CC(=O)NCC1CCC(C(=O)ON(C)C)CC1.O=C[CH-]CC=O.[U]. The molecule has 1 saturated carbocycles. The molecule has 1 unspecified atom stereocenters. The summed E-state index contributed by atoms with van der Waals surface area (Å²) in [6.45, 7) is 6.36. The summed E-state index contributed by atoms with van der Waals surface area (Å²) >= 11 is 0. The number of carbonyl (C=O) groups is 5. The number of unbranched alkanes of at least 4 members (excludes halogenated alkanes) is 1. The van der Waals surface area contributed by atoms with Crippen molar-refractivity contribution in [2.45, 2.75) is 59.3 Å². The number of carbonyl (C=O) groups excluding carboxylic acids is 5. The summed E-state index contributed by atoms with van der Waals surface area (Å²) in [7, 11) is 3.39. The van der Waals surface area contributed by atoms with Crippen LogP contribution in [0.15, 0.2) is 0 Å². The molecule has 0 spiro atoms. The summed E-state index contributed by atoms with van der Waals surface area (Å²) in [5.41, 5.74) is 0. The van der Waals surface area contributed by atoms with E-state index in [9.17, 15) is 24.0 Å². The van der Waals surface area contributed by atoms with Crippen molar-refractivity contribution in [1.82, 2.24) is 10.4 Å². The van der Waals surface area contributed by atoms with Gasteiger partial charge in [0.2, 0.25) is 5.91 Å². The smallest absolute Gasteiger partial charge is 0.328 e. The molecule has 0 bridgehead atoms. The zero-order chi connectivity index (χ0) is 22.7. The molecular formula is C21H37N2O6U-. The third-order valence-corrected chi connectivity index (χ3v) is 4.11. The summed E-state index contributed by atoms with van der Waals surface area (Å²) in [5.74, 6) is -0.106. The van der Waals surface area contributed by atoms with E-state index in [1.807, 2.05) is 13.8 Å². The molecule has 0 saturated heterocycles. The zero-order valence-corrected chi connectivity index (χ0v) is 23.1. The van der Waals surface area contributed by atoms with Gasteiger partial charge in [-0.15, -0.1) is 11.5 Å². The topological polar surface area (TPSA) is 110 Å². The maximum atomic E-state index is 11.8. The van der Waals surface area contributed by atoms with Crippen molar-refractivity contribution in [2.75, 3.05) is 20.6 Å². The van der Waals surface area contributed by atoms with Gasteiger partial charge in [-0.05, 0) is 37.9 Å². The van der Waals surface area contributed by atoms with Gasteiger partial charge in [0.05, 0.1) is 12.2 Å². The average Bonchev–Trinajstić information content (AvgIpc) is 2.72. The Hall–Kier alpha value is -1.17. The summed E-state index contributed by atoms with van der Waals surface area (Å²) in [5, 5.41) is 4.29. The first-order chi connectivity index (χ1) is 13.8. The Bertz CT molecular complexity index is 472. The molecule has 0 radical (unpaired) electrons. The fourth-order valence-electron chi connectivity index (χ4n) is 2.64. The molecule has 0 aromatic heterocycles. The van der Waals surface area contributed by atoms with Gasteiger partial charge >= 0.3 is 5.97 Å². The van der Waals surface area contributed by atoms with Gasteiger partial charge in [-0.2, -0.15) is 0 Å². The molecule has 1 rings (SSSR count). The minimum atomic E-state index is -0.235.